The maximum Gasteiger partial charge on any atom is 0.265 e. The molecule has 0 saturated heterocycles. The number of oxime groups is 1. The van der Waals surface area contributed by atoms with Crippen LogP contribution in [0.2, 0.25) is 0 Å². The van der Waals surface area contributed by atoms with Crippen LogP contribution in [-0.2, 0) is 16.2 Å². The quantitative estimate of drug-likeness (QED) is 0.570. The fourth-order valence-electron chi connectivity index (χ4n) is 0.836. The Labute approximate surface area is 82.6 Å². The summed E-state index contributed by atoms with van der Waals surface area (Å²) in [4.78, 5) is 15.6. The van der Waals surface area contributed by atoms with Crippen molar-refractivity contribution in [3.05, 3.63) is 35.9 Å². The minimum atomic E-state index is -0.280. The van der Waals surface area contributed by atoms with Crippen molar-refractivity contribution >= 4 is 12.1 Å². The van der Waals surface area contributed by atoms with E-state index in [4.69, 9.17) is 4.84 Å². The lowest BCUT2D eigenvalue weighted by Crippen LogP contribution is -2.18. The van der Waals surface area contributed by atoms with E-state index in [1.54, 1.807) is 0 Å². The van der Waals surface area contributed by atoms with Crippen LogP contribution in [0, 0.1) is 0 Å². The zero-order valence-electron chi connectivity index (χ0n) is 7.93. The first-order chi connectivity index (χ1) is 6.83. The van der Waals surface area contributed by atoms with Crippen LogP contribution < -0.4 is 5.32 Å². The largest absolute Gasteiger partial charge is 0.391 e. The van der Waals surface area contributed by atoms with Gasteiger partial charge in [0.15, 0.2) is 0 Å². The number of rotatable bonds is 4. The molecule has 1 amide bonds. The highest BCUT2D eigenvalue weighted by Crippen LogP contribution is 1.99. The van der Waals surface area contributed by atoms with Gasteiger partial charge in [0.05, 0.1) is 0 Å². The van der Waals surface area contributed by atoms with E-state index in [2.05, 4.69) is 10.5 Å². The lowest BCUT2D eigenvalue weighted by molar-refractivity contribution is -0.114. The van der Waals surface area contributed by atoms with Gasteiger partial charge in [-0.2, -0.15) is 0 Å². The summed E-state index contributed by atoms with van der Waals surface area (Å²) >= 11 is 0. The second kappa shape index (κ2) is 5.75. The summed E-state index contributed by atoms with van der Waals surface area (Å²) in [6.45, 7) is 0.369. The summed E-state index contributed by atoms with van der Waals surface area (Å²) in [6.07, 6.45) is 1.10. The Kier molecular flexibility index (Phi) is 4.20. The van der Waals surface area contributed by atoms with Crippen molar-refractivity contribution in [2.24, 2.45) is 5.16 Å². The first kappa shape index (κ1) is 10.2. The van der Waals surface area contributed by atoms with Gasteiger partial charge in [-0.1, -0.05) is 35.5 Å². The molecule has 0 heterocycles. The Morgan fingerprint density at radius 1 is 1.50 bits per heavy atom. The Hall–Kier alpha value is -1.84. The molecule has 4 nitrogen and oxygen atoms in total. The van der Waals surface area contributed by atoms with Crippen molar-refractivity contribution in [1.29, 1.82) is 0 Å². The van der Waals surface area contributed by atoms with Gasteiger partial charge in [-0.25, -0.2) is 0 Å². The average molecular weight is 192 g/mol. The summed E-state index contributed by atoms with van der Waals surface area (Å²) in [5, 5.41) is 5.90. The number of amides is 1. The van der Waals surface area contributed by atoms with Crippen molar-refractivity contribution in [2.45, 2.75) is 6.61 Å². The number of benzene rings is 1. The van der Waals surface area contributed by atoms with E-state index < -0.39 is 0 Å². The molecular weight excluding hydrogens is 180 g/mol. The van der Waals surface area contributed by atoms with Gasteiger partial charge >= 0.3 is 0 Å². The molecule has 74 valence electrons. The molecular formula is C10H12N2O2. The third-order valence-corrected chi connectivity index (χ3v) is 1.56. The molecule has 0 aliphatic rings. The minimum absolute atomic E-state index is 0.280. The highest BCUT2D eigenvalue weighted by atomic mass is 16.6. The van der Waals surface area contributed by atoms with Crippen LogP contribution in [-0.4, -0.2) is 19.2 Å². The molecule has 0 aliphatic heterocycles. The van der Waals surface area contributed by atoms with Crippen molar-refractivity contribution in [1.82, 2.24) is 5.32 Å². The summed E-state index contributed by atoms with van der Waals surface area (Å²) in [5.41, 5.74) is 1.02. The van der Waals surface area contributed by atoms with Crippen molar-refractivity contribution in [3.63, 3.8) is 0 Å². The predicted octanol–water partition coefficient (Wildman–Crippen LogP) is 0.935. The van der Waals surface area contributed by atoms with Crippen molar-refractivity contribution in [3.8, 4) is 0 Å². The van der Waals surface area contributed by atoms with E-state index in [-0.39, 0.29) is 5.91 Å². The Morgan fingerprint density at radius 3 is 2.86 bits per heavy atom. The number of hydrogen-bond acceptors (Lipinski definition) is 3. The number of hydrogen-bond donors (Lipinski definition) is 1. The Balaban J connectivity index is 2.29. The molecule has 0 unspecified atom stereocenters. The van der Waals surface area contributed by atoms with Crippen LogP contribution in [0.15, 0.2) is 35.5 Å². The fourth-order valence-corrected chi connectivity index (χ4v) is 0.836. The molecule has 14 heavy (non-hydrogen) atoms. The van der Waals surface area contributed by atoms with E-state index in [1.807, 2.05) is 30.3 Å². The average Bonchev–Trinajstić information content (AvgIpc) is 2.25. The molecule has 0 bridgehead atoms. The van der Waals surface area contributed by atoms with Gasteiger partial charge < -0.3 is 10.2 Å². The molecule has 1 N–H and O–H groups in total. The maximum atomic E-state index is 10.7. The summed E-state index contributed by atoms with van der Waals surface area (Å²) in [5.74, 6) is -0.280. The molecule has 0 spiro atoms. The zero-order chi connectivity index (χ0) is 10.2. The monoisotopic (exact) mass is 192 g/mol. The first-order valence-electron chi connectivity index (χ1n) is 4.24. The van der Waals surface area contributed by atoms with E-state index >= 15 is 0 Å². The molecule has 0 aromatic heterocycles. The van der Waals surface area contributed by atoms with Gasteiger partial charge in [0.25, 0.3) is 5.91 Å². The molecule has 1 rings (SSSR count). The molecule has 4 heteroatoms. The second-order valence-electron chi connectivity index (χ2n) is 2.61. The van der Waals surface area contributed by atoms with Crippen LogP contribution in [0.25, 0.3) is 0 Å². The lowest BCUT2D eigenvalue weighted by Gasteiger charge is -1.97. The third-order valence-electron chi connectivity index (χ3n) is 1.56. The summed E-state index contributed by atoms with van der Waals surface area (Å²) in [6, 6.07) is 9.62. The van der Waals surface area contributed by atoms with E-state index in [0.29, 0.717) is 6.61 Å². The van der Waals surface area contributed by atoms with Gasteiger partial charge in [-0.3, -0.25) is 4.79 Å². The van der Waals surface area contributed by atoms with Gasteiger partial charge in [0.1, 0.15) is 12.8 Å². The van der Waals surface area contributed by atoms with Gasteiger partial charge in [-0.15, -0.1) is 0 Å². The number of nitrogens with zero attached hydrogens (tertiary/aromatic N) is 1. The molecule has 1 aromatic carbocycles. The minimum Gasteiger partial charge on any atom is -0.391 e. The molecule has 0 saturated carbocycles. The zero-order valence-corrected chi connectivity index (χ0v) is 7.93. The Bertz CT molecular complexity index is 309. The fraction of sp³-hybridized carbons (Fsp3) is 0.200. The summed E-state index contributed by atoms with van der Waals surface area (Å²) in [7, 11) is 1.53. The summed E-state index contributed by atoms with van der Waals surface area (Å²) < 4.78 is 0. The molecule has 0 atom stereocenters. The number of carbonyl (C=O) groups excluding carboxylic acids is 1. The van der Waals surface area contributed by atoms with Gasteiger partial charge in [0.2, 0.25) is 0 Å². The van der Waals surface area contributed by atoms with Crippen LogP contribution in [0.4, 0.5) is 0 Å². The topological polar surface area (TPSA) is 50.7 Å². The van der Waals surface area contributed by atoms with Crippen LogP contribution >= 0.6 is 0 Å². The molecule has 0 radical (unpaired) electrons. The maximum absolute atomic E-state index is 10.7. The standard InChI is InChI=1S/C10H12N2O2/c1-11-10(13)7-12-14-8-9-5-3-2-4-6-9/h2-7H,8H2,1H3,(H,11,13)/b12-7+. The highest BCUT2D eigenvalue weighted by molar-refractivity contribution is 6.25. The van der Waals surface area contributed by atoms with E-state index in [9.17, 15) is 4.79 Å². The van der Waals surface area contributed by atoms with Crippen molar-refractivity contribution in [2.75, 3.05) is 7.05 Å². The van der Waals surface area contributed by atoms with Gasteiger partial charge in [0, 0.05) is 7.05 Å². The normalized spacial score (nSPS) is 10.1. The van der Waals surface area contributed by atoms with E-state index in [1.165, 1.54) is 7.05 Å². The van der Waals surface area contributed by atoms with E-state index in [0.717, 1.165) is 11.8 Å². The first-order valence-corrected chi connectivity index (χ1v) is 4.24. The van der Waals surface area contributed by atoms with Crippen LogP contribution in [0.1, 0.15) is 5.56 Å². The molecule has 1 aromatic rings. The van der Waals surface area contributed by atoms with Crippen LogP contribution in [0.5, 0.6) is 0 Å². The SMILES string of the molecule is CNC(=O)/C=N/OCc1ccccc1. The second-order valence-corrected chi connectivity index (χ2v) is 2.61. The predicted molar refractivity (Wildman–Crippen MR) is 53.8 cm³/mol. The smallest absolute Gasteiger partial charge is 0.265 e. The molecule has 0 aliphatic carbocycles. The Morgan fingerprint density at radius 2 is 2.21 bits per heavy atom. The highest BCUT2D eigenvalue weighted by Gasteiger charge is 1.91. The lowest BCUT2D eigenvalue weighted by atomic mass is 10.2. The number of nitrogens with one attached hydrogen (secondary N) is 1. The molecule has 0 fully saturated rings. The third kappa shape index (κ3) is 3.71. The number of carbonyl (C=O) groups is 1. The van der Waals surface area contributed by atoms with Crippen LogP contribution in [0.3, 0.4) is 0 Å². The van der Waals surface area contributed by atoms with Crippen molar-refractivity contribution < 1.29 is 9.63 Å². The van der Waals surface area contributed by atoms with Gasteiger partial charge in [-0.05, 0) is 5.56 Å².